The van der Waals surface area contributed by atoms with E-state index in [1.807, 2.05) is 56.3 Å². The minimum atomic E-state index is -0.0420. The topological polar surface area (TPSA) is 51.1 Å². The van der Waals surface area contributed by atoms with E-state index in [9.17, 15) is 4.79 Å². The van der Waals surface area contributed by atoms with Crippen LogP contribution in [0.25, 0.3) is 6.08 Å². The van der Waals surface area contributed by atoms with Gasteiger partial charge in [0.05, 0.1) is 12.0 Å². The Balaban J connectivity index is 1.87. The van der Waals surface area contributed by atoms with Gasteiger partial charge < -0.3 is 9.47 Å². The maximum Gasteiger partial charge on any atom is 0.266 e. The fourth-order valence-electron chi connectivity index (χ4n) is 2.89. The second kappa shape index (κ2) is 10.4. The van der Waals surface area contributed by atoms with Crippen LogP contribution < -0.4 is 9.47 Å². The first-order valence-electron chi connectivity index (χ1n) is 9.48. The van der Waals surface area contributed by atoms with Crippen molar-refractivity contribution in [2.75, 3.05) is 20.2 Å². The predicted octanol–water partition coefficient (Wildman–Crippen LogP) is 6.00. The quantitative estimate of drug-likeness (QED) is 0.429. The number of likely N-dealkylation sites (N-methyl/N-ethyl adjacent to an activating group) is 1. The van der Waals surface area contributed by atoms with Crippen molar-refractivity contribution in [2.45, 2.75) is 20.5 Å². The van der Waals surface area contributed by atoms with Crippen molar-refractivity contribution >= 4 is 56.4 Å². The summed E-state index contributed by atoms with van der Waals surface area (Å²) in [6, 6.07) is 11.2. The van der Waals surface area contributed by atoms with E-state index >= 15 is 0 Å². The van der Waals surface area contributed by atoms with E-state index in [-0.39, 0.29) is 5.91 Å². The Morgan fingerprint density at radius 1 is 1.23 bits per heavy atom. The summed E-state index contributed by atoms with van der Waals surface area (Å²) in [6.07, 6.45) is 1.85. The van der Waals surface area contributed by atoms with Gasteiger partial charge in [0, 0.05) is 28.1 Å². The third-order valence-electron chi connectivity index (χ3n) is 4.41. The minimum absolute atomic E-state index is 0.0420. The average molecular weight is 510 g/mol. The maximum absolute atomic E-state index is 12.7. The number of carbonyl (C=O) groups excluding carboxylic acids is 1. The molecule has 2 aromatic carbocycles. The molecule has 0 bridgehead atoms. The van der Waals surface area contributed by atoms with Gasteiger partial charge in [-0.05, 0) is 55.4 Å². The summed E-state index contributed by atoms with van der Waals surface area (Å²) in [5.74, 6) is 1.11. The van der Waals surface area contributed by atoms with E-state index in [1.54, 1.807) is 12.0 Å². The molecule has 0 atom stereocenters. The van der Waals surface area contributed by atoms with Crippen LogP contribution >= 0.6 is 39.3 Å². The molecule has 1 saturated heterocycles. The molecular formula is C22H22BrClN2O3S. The van der Waals surface area contributed by atoms with Gasteiger partial charge in [-0.15, -0.1) is 0 Å². The molecule has 1 fully saturated rings. The normalized spacial score (nSPS) is 16.6. The van der Waals surface area contributed by atoms with Crippen molar-refractivity contribution in [2.24, 2.45) is 4.99 Å². The Bertz CT molecular complexity index is 1010. The molecular weight excluding hydrogens is 488 g/mol. The number of hydrogen-bond acceptors (Lipinski definition) is 5. The Kier molecular flexibility index (Phi) is 7.86. The van der Waals surface area contributed by atoms with Crippen LogP contribution in [0.1, 0.15) is 25.0 Å². The highest BCUT2D eigenvalue weighted by Gasteiger charge is 2.32. The number of thioether (sulfide) groups is 1. The SMILES string of the molecule is CCN=C1S/C(=C/c2cc(OC)c(OCc3ccccc3Cl)cc2Br)C(=O)N1CC. The summed E-state index contributed by atoms with van der Waals surface area (Å²) < 4.78 is 12.3. The summed E-state index contributed by atoms with van der Waals surface area (Å²) in [6.45, 7) is 5.43. The molecule has 0 radical (unpaired) electrons. The Morgan fingerprint density at radius 3 is 2.67 bits per heavy atom. The van der Waals surface area contributed by atoms with Gasteiger partial charge in [0.2, 0.25) is 0 Å². The zero-order valence-electron chi connectivity index (χ0n) is 16.9. The van der Waals surface area contributed by atoms with Crippen LogP contribution in [0.4, 0.5) is 0 Å². The largest absolute Gasteiger partial charge is 0.493 e. The summed E-state index contributed by atoms with van der Waals surface area (Å²) in [7, 11) is 1.59. The van der Waals surface area contributed by atoms with Crippen molar-refractivity contribution in [1.29, 1.82) is 0 Å². The number of halogens is 2. The smallest absolute Gasteiger partial charge is 0.266 e. The van der Waals surface area contributed by atoms with Crippen molar-refractivity contribution in [1.82, 2.24) is 4.90 Å². The first-order valence-corrected chi connectivity index (χ1v) is 11.5. The molecule has 0 aromatic heterocycles. The van der Waals surface area contributed by atoms with E-state index in [0.29, 0.717) is 41.1 Å². The molecule has 0 spiro atoms. The van der Waals surface area contributed by atoms with Crippen molar-refractivity contribution in [3.63, 3.8) is 0 Å². The lowest BCUT2D eigenvalue weighted by atomic mass is 10.1. The Hall–Kier alpha value is -1.96. The van der Waals surface area contributed by atoms with Crippen LogP contribution in [0, 0.1) is 0 Å². The Morgan fingerprint density at radius 2 is 2.00 bits per heavy atom. The Labute approximate surface area is 194 Å². The van der Waals surface area contributed by atoms with Gasteiger partial charge in [-0.1, -0.05) is 45.7 Å². The van der Waals surface area contributed by atoms with Crippen LogP contribution in [0.15, 0.2) is 50.8 Å². The summed E-state index contributed by atoms with van der Waals surface area (Å²) in [5, 5.41) is 1.39. The van der Waals surface area contributed by atoms with Gasteiger partial charge >= 0.3 is 0 Å². The molecule has 2 aromatic rings. The maximum atomic E-state index is 12.7. The van der Waals surface area contributed by atoms with Gasteiger partial charge in [0.15, 0.2) is 16.7 Å². The molecule has 30 heavy (non-hydrogen) atoms. The van der Waals surface area contributed by atoms with Crippen LogP contribution in [-0.2, 0) is 11.4 Å². The molecule has 1 aliphatic rings. The van der Waals surface area contributed by atoms with Crippen molar-refractivity contribution < 1.29 is 14.3 Å². The van der Waals surface area contributed by atoms with E-state index in [0.717, 1.165) is 20.8 Å². The number of nitrogens with zero attached hydrogens (tertiary/aromatic N) is 2. The lowest BCUT2D eigenvalue weighted by Gasteiger charge is -2.14. The third-order valence-corrected chi connectivity index (χ3v) is 6.51. The van der Waals surface area contributed by atoms with E-state index in [4.69, 9.17) is 21.1 Å². The fraction of sp³-hybridized carbons (Fsp3) is 0.273. The van der Waals surface area contributed by atoms with Crippen LogP contribution in [0.5, 0.6) is 11.5 Å². The number of carbonyl (C=O) groups is 1. The highest BCUT2D eigenvalue weighted by Crippen LogP contribution is 2.38. The van der Waals surface area contributed by atoms with Gasteiger partial charge in [-0.25, -0.2) is 0 Å². The first-order chi connectivity index (χ1) is 14.5. The zero-order chi connectivity index (χ0) is 21.7. The van der Waals surface area contributed by atoms with E-state index < -0.39 is 0 Å². The standard InChI is InChI=1S/C22H22BrClN2O3S/c1-4-25-22-26(5-2)21(27)20(30-22)11-15-10-18(28-3)19(12-16(15)23)29-13-14-8-6-7-9-17(14)24/h6-12H,4-5,13H2,1-3H3/b20-11+,25-22?. The molecule has 0 saturated carbocycles. The number of amides is 1. The number of benzene rings is 2. The molecule has 1 aliphatic heterocycles. The molecule has 5 nitrogen and oxygen atoms in total. The third kappa shape index (κ3) is 5.02. The van der Waals surface area contributed by atoms with E-state index in [1.165, 1.54) is 11.8 Å². The number of methoxy groups -OCH3 is 1. The molecule has 158 valence electrons. The monoisotopic (exact) mass is 508 g/mol. The highest BCUT2D eigenvalue weighted by molar-refractivity contribution is 9.10. The molecule has 1 amide bonds. The highest BCUT2D eigenvalue weighted by atomic mass is 79.9. The lowest BCUT2D eigenvalue weighted by Crippen LogP contribution is -2.28. The van der Waals surface area contributed by atoms with Crippen molar-refractivity contribution in [3.8, 4) is 11.5 Å². The van der Waals surface area contributed by atoms with Crippen LogP contribution in [0.2, 0.25) is 5.02 Å². The first kappa shape index (κ1) is 22.7. The molecule has 1 heterocycles. The van der Waals surface area contributed by atoms with Gasteiger partial charge in [0.1, 0.15) is 6.61 Å². The molecule has 8 heteroatoms. The minimum Gasteiger partial charge on any atom is -0.493 e. The summed E-state index contributed by atoms with van der Waals surface area (Å²) in [4.78, 5) is 19.5. The summed E-state index contributed by atoms with van der Waals surface area (Å²) in [5.41, 5.74) is 1.71. The van der Waals surface area contributed by atoms with E-state index in [2.05, 4.69) is 20.9 Å². The second-order valence-electron chi connectivity index (χ2n) is 6.32. The number of amidine groups is 1. The molecule has 3 rings (SSSR count). The van der Waals surface area contributed by atoms with Gasteiger partial charge in [-0.3, -0.25) is 14.7 Å². The summed E-state index contributed by atoms with van der Waals surface area (Å²) >= 11 is 11.2. The fourth-order valence-corrected chi connectivity index (χ4v) is 4.61. The number of rotatable bonds is 7. The van der Waals surface area contributed by atoms with Crippen LogP contribution in [-0.4, -0.2) is 36.2 Å². The zero-order valence-corrected chi connectivity index (χ0v) is 20.1. The second-order valence-corrected chi connectivity index (χ2v) is 8.59. The number of ether oxygens (including phenoxy) is 2. The predicted molar refractivity (Wildman–Crippen MR) is 127 cm³/mol. The van der Waals surface area contributed by atoms with Crippen LogP contribution in [0.3, 0.4) is 0 Å². The van der Waals surface area contributed by atoms with Gasteiger partial charge in [0.25, 0.3) is 5.91 Å². The molecule has 0 unspecified atom stereocenters. The molecule has 0 aliphatic carbocycles. The lowest BCUT2D eigenvalue weighted by molar-refractivity contribution is -0.122. The molecule has 0 N–H and O–H groups in total. The number of hydrogen-bond donors (Lipinski definition) is 0. The van der Waals surface area contributed by atoms with Gasteiger partial charge in [-0.2, -0.15) is 0 Å². The average Bonchev–Trinajstić information content (AvgIpc) is 3.03. The number of aliphatic imine (C=N–C) groups is 1. The van der Waals surface area contributed by atoms with Crippen molar-refractivity contribution in [3.05, 3.63) is 61.9 Å².